The van der Waals surface area contributed by atoms with Crippen LogP contribution in [-0.2, 0) is 0 Å². The van der Waals surface area contributed by atoms with Crippen LogP contribution >= 0.6 is 0 Å². The van der Waals surface area contributed by atoms with Gasteiger partial charge in [-0.2, -0.15) is 0 Å². The maximum absolute atomic E-state index is 10.4. The van der Waals surface area contributed by atoms with Gasteiger partial charge in [-0.05, 0) is 25.0 Å². The molecule has 0 unspecified atom stereocenters. The van der Waals surface area contributed by atoms with E-state index in [0.717, 1.165) is 31.4 Å². The molecule has 0 aliphatic heterocycles. The molecule has 1 fully saturated rings. The van der Waals surface area contributed by atoms with Crippen molar-refractivity contribution in [1.29, 1.82) is 0 Å². The quantitative estimate of drug-likeness (QED) is 0.803. The summed E-state index contributed by atoms with van der Waals surface area (Å²) in [7, 11) is 3.57. The van der Waals surface area contributed by atoms with Crippen molar-refractivity contribution in [2.24, 2.45) is 0 Å². The van der Waals surface area contributed by atoms with E-state index >= 15 is 0 Å². The number of ether oxygens (including phenoxy) is 1. The van der Waals surface area contributed by atoms with Crippen LogP contribution in [0.2, 0.25) is 0 Å². The van der Waals surface area contributed by atoms with Gasteiger partial charge in [-0.3, -0.25) is 0 Å². The van der Waals surface area contributed by atoms with Gasteiger partial charge in [0.15, 0.2) is 0 Å². The van der Waals surface area contributed by atoms with Crippen LogP contribution in [0, 0.1) is 0 Å². The van der Waals surface area contributed by atoms with Gasteiger partial charge in [-0.1, -0.05) is 18.9 Å². The van der Waals surface area contributed by atoms with E-state index in [1.54, 1.807) is 7.11 Å². The predicted molar refractivity (Wildman–Crippen MR) is 74.1 cm³/mol. The number of nitrogens with two attached hydrogens (primary N) is 1. The zero-order chi connectivity index (χ0) is 13.2. The van der Waals surface area contributed by atoms with Gasteiger partial charge in [0.25, 0.3) is 0 Å². The van der Waals surface area contributed by atoms with E-state index in [1.807, 2.05) is 30.1 Å². The van der Waals surface area contributed by atoms with Gasteiger partial charge in [-0.15, -0.1) is 0 Å². The van der Waals surface area contributed by atoms with Crippen molar-refractivity contribution in [2.45, 2.75) is 31.3 Å². The number of para-hydroxylation sites is 1. The van der Waals surface area contributed by atoms with Crippen LogP contribution in [0.4, 0.5) is 11.4 Å². The Kier molecular flexibility index (Phi) is 3.66. The van der Waals surface area contributed by atoms with E-state index in [1.165, 1.54) is 0 Å². The normalized spacial score (nSPS) is 17.7. The highest BCUT2D eigenvalue weighted by Gasteiger charge is 2.32. The molecule has 2 rings (SSSR count). The summed E-state index contributed by atoms with van der Waals surface area (Å²) in [5, 5.41) is 10.4. The summed E-state index contributed by atoms with van der Waals surface area (Å²) in [6, 6.07) is 5.72. The molecule has 0 amide bonds. The largest absolute Gasteiger partial charge is 0.495 e. The maximum Gasteiger partial charge on any atom is 0.143 e. The minimum atomic E-state index is -0.565. The molecule has 0 saturated heterocycles. The number of hydrogen-bond donors (Lipinski definition) is 2. The van der Waals surface area contributed by atoms with Gasteiger partial charge in [0.05, 0.1) is 24.1 Å². The minimum absolute atomic E-state index is 0.565. The molecule has 1 saturated carbocycles. The third-order valence-corrected chi connectivity index (χ3v) is 3.74. The lowest BCUT2D eigenvalue weighted by Crippen LogP contribution is -2.39. The van der Waals surface area contributed by atoms with Crippen LogP contribution in [0.5, 0.6) is 5.75 Å². The van der Waals surface area contributed by atoms with Crippen LogP contribution in [0.1, 0.15) is 25.7 Å². The topological polar surface area (TPSA) is 58.7 Å². The fourth-order valence-electron chi connectivity index (χ4n) is 2.76. The highest BCUT2D eigenvalue weighted by Crippen LogP contribution is 2.35. The summed E-state index contributed by atoms with van der Waals surface area (Å²) < 4.78 is 5.22. The van der Waals surface area contributed by atoms with Crippen molar-refractivity contribution in [3.8, 4) is 5.75 Å². The first kappa shape index (κ1) is 13.0. The van der Waals surface area contributed by atoms with Gasteiger partial charge < -0.3 is 20.5 Å². The average molecular weight is 250 g/mol. The lowest BCUT2D eigenvalue weighted by molar-refractivity contribution is 0.0559. The standard InChI is InChI=1S/C14H22N2O2/c1-16(10-14(17)8-3-4-9-14)11-6-5-7-12(18-2)13(11)15/h5-7,17H,3-4,8-10,15H2,1-2H3. The van der Waals surface area contributed by atoms with Crippen LogP contribution in [0.3, 0.4) is 0 Å². The summed E-state index contributed by atoms with van der Waals surface area (Å²) in [5.41, 5.74) is 7.04. The molecule has 0 atom stereocenters. The van der Waals surface area contributed by atoms with Gasteiger partial charge in [0.1, 0.15) is 5.75 Å². The summed E-state index contributed by atoms with van der Waals surface area (Å²) in [6.07, 6.45) is 3.97. The number of nitrogen functional groups attached to an aromatic ring is 1. The number of anilines is 2. The molecule has 0 bridgehead atoms. The monoisotopic (exact) mass is 250 g/mol. The number of rotatable bonds is 4. The van der Waals surface area contributed by atoms with Crippen molar-refractivity contribution < 1.29 is 9.84 Å². The summed E-state index contributed by atoms with van der Waals surface area (Å²) in [4.78, 5) is 2.02. The minimum Gasteiger partial charge on any atom is -0.495 e. The van der Waals surface area contributed by atoms with Crippen LogP contribution in [-0.4, -0.2) is 31.4 Å². The van der Waals surface area contributed by atoms with Crippen LogP contribution in [0.15, 0.2) is 18.2 Å². The third-order valence-electron chi connectivity index (χ3n) is 3.74. The number of aliphatic hydroxyl groups is 1. The molecule has 0 aromatic heterocycles. The van der Waals surface area contributed by atoms with Gasteiger partial charge in [0.2, 0.25) is 0 Å². The number of methoxy groups -OCH3 is 1. The van der Waals surface area contributed by atoms with E-state index in [9.17, 15) is 5.11 Å². The Morgan fingerprint density at radius 2 is 2.06 bits per heavy atom. The number of benzene rings is 1. The zero-order valence-electron chi connectivity index (χ0n) is 11.1. The van der Waals surface area contributed by atoms with E-state index in [-0.39, 0.29) is 0 Å². The maximum atomic E-state index is 10.4. The molecule has 3 N–H and O–H groups in total. The summed E-state index contributed by atoms with van der Waals surface area (Å²) >= 11 is 0. The molecule has 0 radical (unpaired) electrons. The molecule has 1 aliphatic rings. The number of nitrogens with zero attached hydrogens (tertiary/aromatic N) is 1. The van der Waals surface area contributed by atoms with Crippen molar-refractivity contribution in [3.05, 3.63) is 18.2 Å². The Morgan fingerprint density at radius 1 is 1.39 bits per heavy atom. The molecule has 1 aromatic carbocycles. The highest BCUT2D eigenvalue weighted by atomic mass is 16.5. The molecule has 4 nitrogen and oxygen atoms in total. The fourth-order valence-corrected chi connectivity index (χ4v) is 2.76. The molecule has 1 aromatic rings. The lowest BCUT2D eigenvalue weighted by Gasteiger charge is -2.31. The van der Waals surface area contributed by atoms with Crippen molar-refractivity contribution in [1.82, 2.24) is 0 Å². The average Bonchev–Trinajstić information content (AvgIpc) is 2.76. The molecule has 4 heteroatoms. The third kappa shape index (κ3) is 2.53. The Morgan fingerprint density at radius 3 is 2.67 bits per heavy atom. The fraction of sp³-hybridized carbons (Fsp3) is 0.571. The van der Waals surface area contributed by atoms with Crippen molar-refractivity contribution in [3.63, 3.8) is 0 Å². The molecular weight excluding hydrogens is 228 g/mol. The Bertz CT molecular complexity index is 414. The van der Waals surface area contributed by atoms with Crippen LogP contribution in [0.25, 0.3) is 0 Å². The molecule has 0 spiro atoms. The molecule has 0 heterocycles. The Balaban J connectivity index is 2.15. The smallest absolute Gasteiger partial charge is 0.143 e. The molecule has 1 aliphatic carbocycles. The molecule has 18 heavy (non-hydrogen) atoms. The van der Waals surface area contributed by atoms with Crippen molar-refractivity contribution >= 4 is 11.4 Å². The zero-order valence-corrected chi connectivity index (χ0v) is 11.1. The summed E-state index contributed by atoms with van der Waals surface area (Å²) in [6.45, 7) is 0.615. The van der Waals surface area contributed by atoms with E-state index in [2.05, 4.69) is 0 Å². The van der Waals surface area contributed by atoms with E-state index in [4.69, 9.17) is 10.5 Å². The number of hydrogen-bond acceptors (Lipinski definition) is 4. The van der Waals surface area contributed by atoms with Gasteiger partial charge >= 0.3 is 0 Å². The van der Waals surface area contributed by atoms with Gasteiger partial charge in [0, 0.05) is 13.6 Å². The summed E-state index contributed by atoms with van der Waals surface area (Å²) in [5.74, 6) is 0.678. The lowest BCUT2D eigenvalue weighted by atomic mass is 10.0. The first-order chi connectivity index (χ1) is 8.56. The number of likely N-dealkylation sites (N-methyl/N-ethyl adjacent to an activating group) is 1. The van der Waals surface area contributed by atoms with Gasteiger partial charge in [-0.25, -0.2) is 0 Å². The van der Waals surface area contributed by atoms with E-state index < -0.39 is 5.60 Å². The van der Waals surface area contributed by atoms with E-state index in [0.29, 0.717) is 18.0 Å². The predicted octanol–water partition coefficient (Wildman–Crippen LogP) is 2.02. The van der Waals surface area contributed by atoms with Crippen LogP contribution < -0.4 is 15.4 Å². The van der Waals surface area contributed by atoms with Crippen molar-refractivity contribution in [2.75, 3.05) is 31.3 Å². The second-order valence-electron chi connectivity index (χ2n) is 5.18. The highest BCUT2D eigenvalue weighted by molar-refractivity contribution is 5.73. The first-order valence-corrected chi connectivity index (χ1v) is 6.42. The molecule has 100 valence electrons. The second kappa shape index (κ2) is 5.06. The second-order valence-corrected chi connectivity index (χ2v) is 5.18. The Hall–Kier alpha value is -1.42. The first-order valence-electron chi connectivity index (χ1n) is 6.42. The SMILES string of the molecule is COc1cccc(N(C)CC2(O)CCCC2)c1N. The Labute approximate surface area is 108 Å². The molecular formula is C14H22N2O2.